The number of hydrogen-bond donors (Lipinski definition) is 2. The van der Waals surface area contributed by atoms with Crippen molar-refractivity contribution in [3.63, 3.8) is 0 Å². The summed E-state index contributed by atoms with van der Waals surface area (Å²) >= 11 is 1.37. The van der Waals surface area contributed by atoms with Crippen LogP contribution in [0.2, 0.25) is 0 Å². The first-order valence-electron chi connectivity index (χ1n) is 8.80. The number of benzene rings is 1. The quantitative estimate of drug-likeness (QED) is 0.796. The average molecular weight is 413 g/mol. The van der Waals surface area contributed by atoms with Crippen molar-refractivity contribution in [2.75, 3.05) is 12.4 Å². The lowest BCUT2D eigenvalue weighted by Gasteiger charge is -2.40. The van der Waals surface area contributed by atoms with Gasteiger partial charge in [-0.05, 0) is 37.3 Å². The first-order valence-corrected chi connectivity index (χ1v) is 9.68. The van der Waals surface area contributed by atoms with Gasteiger partial charge in [0.1, 0.15) is 23.1 Å². The number of anilines is 1. The van der Waals surface area contributed by atoms with Gasteiger partial charge in [-0.2, -0.15) is 5.26 Å². The number of carbonyl (C=O) groups is 1. The van der Waals surface area contributed by atoms with Gasteiger partial charge in [0.2, 0.25) is 0 Å². The number of nitrogens with zero attached hydrogens (tertiary/aromatic N) is 3. The third-order valence-electron chi connectivity index (χ3n) is 4.78. The molecule has 1 aromatic heterocycles. The van der Waals surface area contributed by atoms with Crippen LogP contribution in [0, 0.1) is 17.1 Å². The van der Waals surface area contributed by atoms with E-state index < -0.39 is 23.4 Å². The molecule has 1 aliphatic rings. The van der Waals surface area contributed by atoms with Crippen molar-refractivity contribution in [1.29, 1.82) is 5.26 Å². The van der Waals surface area contributed by atoms with Gasteiger partial charge in [-0.3, -0.25) is 4.79 Å². The molecule has 0 aliphatic carbocycles. The Morgan fingerprint density at radius 1 is 1.41 bits per heavy atom. The number of amides is 1. The summed E-state index contributed by atoms with van der Waals surface area (Å²) in [5, 5.41) is 11.8. The Labute approximate surface area is 172 Å². The fourth-order valence-corrected chi connectivity index (χ4v) is 4.57. The maximum atomic E-state index is 14.8. The van der Waals surface area contributed by atoms with Crippen LogP contribution in [0.5, 0.6) is 0 Å². The second kappa shape index (κ2) is 8.19. The molecule has 2 heterocycles. The molecule has 0 bridgehead atoms. The van der Waals surface area contributed by atoms with Crippen LogP contribution < -0.4 is 11.1 Å². The van der Waals surface area contributed by atoms with Crippen LogP contribution in [0.25, 0.3) is 0 Å². The Bertz CT molecular complexity index is 1000. The normalized spacial score (nSPS) is 23.8. The monoisotopic (exact) mass is 413 g/mol. The first-order chi connectivity index (χ1) is 13.8. The second-order valence-electron chi connectivity index (χ2n) is 6.77. The molecule has 0 unspecified atom stereocenters. The summed E-state index contributed by atoms with van der Waals surface area (Å²) in [6.45, 7) is 3.70. The first kappa shape index (κ1) is 20.8. The molecular formula is C20H20FN5O2S. The molecule has 3 atom stereocenters. The van der Waals surface area contributed by atoms with E-state index in [0.717, 1.165) is 0 Å². The third-order valence-corrected chi connectivity index (χ3v) is 5.73. The Morgan fingerprint density at radius 2 is 2.17 bits per heavy atom. The van der Waals surface area contributed by atoms with Gasteiger partial charge in [0.15, 0.2) is 5.17 Å². The number of thioether (sulfide) groups is 1. The average Bonchev–Trinajstić information content (AvgIpc) is 2.69. The largest absolute Gasteiger partial charge is 0.379 e. The van der Waals surface area contributed by atoms with E-state index in [0.29, 0.717) is 16.4 Å². The van der Waals surface area contributed by atoms with E-state index in [1.54, 1.807) is 14.0 Å². The highest BCUT2D eigenvalue weighted by Gasteiger charge is 2.45. The van der Waals surface area contributed by atoms with Crippen molar-refractivity contribution in [2.24, 2.45) is 10.7 Å². The van der Waals surface area contributed by atoms with Gasteiger partial charge in [0.25, 0.3) is 5.91 Å². The van der Waals surface area contributed by atoms with E-state index in [4.69, 9.17) is 15.7 Å². The van der Waals surface area contributed by atoms with Gasteiger partial charge >= 0.3 is 0 Å². The standard InChI is InChI=1S/C20H20FN5O2S/c1-11-17(28-3)20(2,26-19(23)29-11)14-8-13(5-6-15(14)21)25-18(27)16-7-4-12(9-22)10-24-16/h4-8,10-11,17H,1-3H3,(H2,23,26)(H,25,27)/t11-,17+,20-/m1/s1. The number of rotatable bonds is 4. The molecule has 1 amide bonds. The minimum Gasteiger partial charge on any atom is -0.379 e. The molecule has 1 aliphatic heterocycles. The molecule has 0 saturated carbocycles. The van der Waals surface area contributed by atoms with E-state index in [1.807, 2.05) is 13.0 Å². The molecule has 7 nitrogen and oxygen atoms in total. The number of nitrogens with one attached hydrogen (secondary N) is 1. The van der Waals surface area contributed by atoms with Crippen molar-refractivity contribution in [1.82, 2.24) is 4.98 Å². The van der Waals surface area contributed by atoms with E-state index in [9.17, 15) is 9.18 Å². The van der Waals surface area contributed by atoms with Crippen molar-refractivity contribution in [3.05, 3.63) is 59.2 Å². The number of carbonyl (C=O) groups excluding carboxylic acids is 1. The minimum absolute atomic E-state index is 0.0389. The summed E-state index contributed by atoms with van der Waals surface area (Å²) in [6.07, 6.45) is 0.897. The Morgan fingerprint density at radius 3 is 2.79 bits per heavy atom. The zero-order chi connectivity index (χ0) is 21.2. The number of aromatic nitrogens is 1. The molecule has 3 rings (SSSR count). The molecule has 3 N–H and O–H groups in total. The van der Waals surface area contributed by atoms with Crippen LogP contribution in [0.15, 0.2) is 41.5 Å². The lowest BCUT2D eigenvalue weighted by Crippen LogP contribution is -2.48. The summed E-state index contributed by atoms with van der Waals surface area (Å²) in [6, 6.07) is 9.15. The second-order valence-corrected chi connectivity index (χ2v) is 8.17. The maximum absolute atomic E-state index is 14.8. The lowest BCUT2D eigenvalue weighted by molar-refractivity contribution is 0.0407. The predicted molar refractivity (Wildman–Crippen MR) is 110 cm³/mol. The summed E-state index contributed by atoms with van der Waals surface area (Å²) in [5.74, 6) is -0.948. The van der Waals surface area contributed by atoms with Gasteiger partial charge in [-0.25, -0.2) is 14.4 Å². The smallest absolute Gasteiger partial charge is 0.274 e. The molecule has 0 fully saturated rings. The van der Waals surface area contributed by atoms with Crippen LogP contribution in [-0.2, 0) is 10.3 Å². The molecule has 29 heavy (non-hydrogen) atoms. The van der Waals surface area contributed by atoms with Crippen LogP contribution in [0.3, 0.4) is 0 Å². The molecule has 1 aromatic carbocycles. The van der Waals surface area contributed by atoms with E-state index in [1.165, 1.54) is 48.3 Å². The summed E-state index contributed by atoms with van der Waals surface area (Å²) < 4.78 is 20.4. The van der Waals surface area contributed by atoms with Crippen LogP contribution in [0.4, 0.5) is 10.1 Å². The van der Waals surface area contributed by atoms with Crippen LogP contribution in [0.1, 0.15) is 35.5 Å². The van der Waals surface area contributed by atoms with Gasteiger partial charge in [-0.15, -0.1) is 0 Å². The fraction of sp³-hybridized carbons (Fsp3) is 0.300. The number of nitriles is 1. The zero-order valence-electron chi connectivity index (χ0n) is 16.1. The number of pyridine rings is 1. The number of ether oxygens (including phenoxy) is 1. The Kier molecular flexibility index (Phi) is 5.86. The van der Waals surface area contributed by atoms with E-state index in [2.05, 4.69) is 15.3 Å². The molecule has 2 aromatic rings. The van der Waals surface area contributed by atoms with Crippen molar-refractivity contribution in [3.8, 4) is 6.07 Å². The third kappa shape index (κ3) is 4.09. The molecule has 150 valence electrons. The van der Waals surface area contributed by atoms with E-state index >= 15 is 0 Å². The van der Waals surface area contributed by atoms with E-state index in [-0.39, 0.29) is 16.5 Å². The molecular weight excluding hydrogens is 393 g/mol. The fourth-order valence-electron chi connectivity index (χ4n) is 3.44. The number of methoxy groups -OCH3 is 1. The number of hydrogen-bond acceptors (Lipinski definition) is 7. The van der Waals surface area contributed by atoms with Crippen molar-refractivity contribution in [2.45, 2.75) is 30.7 Å². The predicted octanol–water partition coefficient (Wildman–Crippen LogP) is 3.02. The van der Waals surface area contributed by atoms with Crippen molar-refractivity contribution >= 4 is 28.5 Å². The summed E-state index contributed by atoms with van der Waals surface area (Å²) in [4.78, 5) is 20.9. The summed E-state index contributed by atoms with van der Waals surface area (Å²) in [7, 11) is 1.55. The Hall–Kier alpha value is -2.96. The highest BCUT2D eigenvalue weighted by Crippen LogP contribution is 2.42. The van der Waals surface area contributed by atoms with Crippen molar-refractivity contribution < 1.29 is 13.9 Å². The van der Waals surface area contributed by atoms with Gasteiger partial charge in [-0.1, -0.05) is 18.7 Å². The lowest BCUT2D eigenvalue weighted by atomic mass is 9.84. The van der Waals surface area contributed by atoms with Gasteiger partial charge < -0.3 is 15.8 Å². The van der Waals surface area contributed by atoms with Gasteiger partial charge in [0.05, 0.1) is 11.7 Å². The molecule has 0 spiro atoms. The topological polar surface area (TPSA) is 113 Å². The molecule has 0 radical (unpaired) electrons. The number of amidine groups is 1. The summed E-state index contributed by atoms with van der Waals surface area (Å²) in [5.41, 5.74) is 6.04. The SMILES string of the molecule is CO[C@H]1[C@@H](C)SC(N)=N[C@]1(C)c1cc(NC(=O)c2ccc(C#N)cn2)ccc1F. The highest BCUT2D eigenvalue weighted by atomic mass is 32.2. The zero-order valence-corrected chi connectivity index (χ0v) is 17.0. The van der Waals surface area contributed by atoms with Crippen LogP contribution >= 0.6 is 11.8 Å². The number of halogens is 1. The molecule has 0 saturated heterocycles. The minimum atomic E-state index is -1.05. The number of nitrogens with two attached hydrogens (primary N) is 1. The van der Waals surface area contributed by atoms with Crippen LogP contribution in [-0.4, -0.2) is 34.5 Å². The Balaban J connectivity index is 1.94. The van der Waals surface area contributed by atoms with Gasteiger partial charge in [0, 0.05) is 29.8 Å². The number of aliphatic imine (C=N–C) groups is 1. The highest BCUT2D eigenvalue weighted by molar-refractivity contribution is 8.14. The molecule has 9 heteroatoms. The maximum Gasteiger partial charge on any atom is 0.274 e.